The van der Waals surface area contributed by atoms with Crippen LogP contribution < -0.4 is 10.1 Å². The average molecular weight is 461 g/mol. The number of aromatic amines is 1. The highest BCUT2D eigenvalue weighted by molar-refractivity contribution is 6.05. The number of rotatable bonds is 9. The summed E-state index contributed by atoms with van der Waals surface area (Å²) in [6.07, 6.45) is 3.35. The molecule has 1 heterocycles. The molecule has 1 aromatic heterocycles. The van der Waals surface area contributed by atoms with E-state index in [2.05, 4.69) is 10.3 Å². The topological polar surface area (TPSA) is 80.4 Å². The van der Waals surface area contributed by atoms with Crippen molar-refractivity contribution in [3.8, 4) is 5.75 Å². The van der Waals surface area contributed by atoms with Gasteiger partial charge >= 0.3 is 11.9 Å². The lowest BCUT2D eigenvalue weighted by molar-refractivity contribution is 0.0526. The summed E-state index contributed by atoms with van der Waals surface area (Å²) in [5, 5.41) is 4.11. The van der Waals surface area contributed by atoms with Crippen molar-refractivity contribution in [1.82, 2.24) is 4.98 Å². The van der Waals surface area contributed by atoms with Crippen LogP contribution in [0.1, 0.15) is 39.6 Å². The molecule has 0 saturated carbocycles. The van der Waals surface area contributed by atoms with E-state index in [9.17, 15) is 14.0 Å². The summed E-state index contributed by atoms with van der Waals surface area (Å²) in [5.74, 6) is -0.814. The number of anilines is 1. The van der Waals surface area contributed by atoms with Crippen molar-refractivity contribution in [3.05, 3.63) is 95.4 Å². The zero-order valence-corrected chi connectivity index (χ0v) is 18.8. The molecule has 0 aliphatic rings. The third kappa shape index (κ3) is 5.61. The quantitative estimate of drug-likeness (QED) is 0.189. The molecule has 0 fully saturated rings. The second kappa shape index (κ2) is 10.7. The third-order valence-corrected chi connectivity index (χ3v) is 5.36. The van der Waals surface area contributed by atoms with Gasteiger partial charge in [0.25, 0.3) is 0 Å². The number of halogens is 1. The van der Waals surface area contributed by atoms with Gasteiger partial charge in [0.05, 0.1) is 17.7 Å². The molecular formula is C27H25FN2O4. The van der Waals surface area contributed by atoms with Crippen LogP contribution >= 0.6 is 0 Å². The second-order valence-corrected chi connectivity index (χ2v) is 7.75. The molecule has 2 N–H and O–H groups in total. The van der Waals surface area contributed by atoms with Crippen LogP contribution in [-0.4, -0.2) is 30.1 Å². The molecule has 34 heavy (non-hydrogen) atoms. The van der Waals surface area contributed by atoms with Gasteiger partial charge in [-0.3, -0.25) is 0 Å². The minimum atomic E-state index is -0.497. The van der Waals surface area contributed by atoms with Crippen molar-refractivity contribution in [2.45, 2.75) is 19.8 Å². The normalized spacial score (nSPS) is 10.8. The van der Waals surface area contributed by atoms with Crippen LogP contribution in [0, 0.1) is 5.82 Å². The van der Waals surface area contributed by atoms with Crippen LogP contribution in [0.5, 0.6) is 5.75 Å². The molecule has 6 nitrogen and oxygen atoms in total. The van der Waals surface area contributed by atoms with Crippen molar-refractivity contribution in [3.63, 3.8) is 0 Å². The Morgan fingerprint density at radius 1 is 0.971 bits per heavy atom. The number of carbonyl (C=O) groups excluding carboxylic acids is 2. The number of aryl methyl sites for hydroxylation is 1. The number of hydrogen-bond donors (Lipinski definition) is 2. The SMILES string of the molecule is CCOC(=O)c1ccc(OC(=O)c2c[nH]c3ccc(NCCCc4ccc(F)cc4)cc23)cc1. The van der Waals surface area contributed by atoms with E-state index < -0.39 is 11.9 Å². The molecule has 0 amide bonds. The van der Waals surface area contributed by atoms with E-state index in [1.54, 1.807) is 49.5 Å². The molecule has 0 radical (unpaired) electrons. The van der Waals surface area contributed by atoms with Gasteiger partial charge in [0.2, 0.25) is 0 Å². The fourth-order valence-corrected chi connectivity index (χ4v) is 3.61. The maximum atomic E-state index is 13.0. The van der Waals surface area contributed by atoms with Crippen LogP contribution in [-0.2, 0) is 11.2 Å². The smallest absolute Gasteiger partial charge is 0.345 e. The van der Waals surface area contributed by atoms with Crippen LogP contribution in [0.15, 0.2) is 72.9 Å². The van der Waals surface area contributed by atoms with Crippen LogP contribution in [0.25, 0.3) is 10.9 Å². The Morgan fingerprint density at radius 2 is 1.74 bits per heavy atom. The summed E-state index contributed by atoms with van der Waals surface area (Å²) >= 11 is 0. The molecule has 0 unspecified atom stereocenters. The first-order valence-corrected chi connectivity index (χ1v) is 11.1. The molecule has 0 aliphatic heterocycles. The molecule has 0 saturated heterocycles. The molecule has 4 aromatic rings. The lowest BCUT2D eigenvalue weighted by Crippen LogP contribution is -2.09. The lowest BCUT2D eigenvalue weighted by atomic mass is 10.1. The van der Waals surface area contributed by atoms with Crippen molar-refractivity contribution >= 4 is 28.5 Å². The zero-order chi connectivity index (χ0) is 23.9. The summed E-state index contributed by atoms with van der Waals surface area (Å²) in [7, 11) is 0. The predicted octanol–water partition coefficient (Wildman–Crippen LogP) is 5.75. The van der Waals surface area contributed by atoms with Crippen molar-refractivity contribution in [2.75, 3.05) is 18.5 Å². The Labute approximate surface area is 196 Å². The standard InChI is InChI=1S/C27H25FN2O4/c1-2-33-26(31)19-7-12-22(13-8-19)34-27(32)24-17-30-25-14-11-21(16-23(24)25)29-15-3-4-18-5-9-20(28)10-6-18/h5-14,16-17,29-30H,2-4,15H2,1H3. The molecule has 0 spiro atoms. The minimum absolute atomic E-state index is 0.232. The Kier molecular flexibility index (Phi) is 7.22. The molecule has 0 atom stereocenters. The van der Waals surface area contributed by atoms with E-state index in [1.807, 2.05) is 18.2 Å². The first kappa shape index (κ1) is 23.0. The van der Waals surface area contributed by atoms with Gasteiger partial charge in [-0.05, 0) is 79.9 Å². The number of carbonyl (C=O) groups is 2. The Balaban J connectivity index is 1.38. The third-order valence-electron chi connectivity index (χ3n) is 5.36. The van der Waals surface area contributed by atoms with Crippen LogP contribution in [0.3, 0.4) is 0 Å². The molecule has 174 valence electrons. The van der Waals surface area contributed by atoms with E-state index in [-0.39, 0.29) is 5.82 Å². The van der Waals surface area contributed by atoms with Crippen molar-refractivity contribution in [1.29, 1.82) is 0 Å². The van der Waals surface area contributed by atoms with E-state index in [0.717, 1.165) is 41.5 Å². The first-order valence-electron chi connectivity index (χ1n) is 11.1. The monoisotopic (exact) mass is 460 g/mol. The van der Waals surface area contributed by atoms with Gasteiger partial charge in [-0.2, -0.15) is 0 Å². The van der Waals surface area contributed by atoms with Crippen molar-refractivity contribution < 1.29 is 23.5 Å². The summed E-state index contributed by atoms with van der Waals surface area (Å²) < 4.78 is 23.5. The molecule has 7 heteroatoms. The highest BCUT2D eigenvalue weighted by Crippen LogP contribution is 2.24. The Hall–Kier alpha value is -4.13. The van der Waals surface area contributed by atoms with E-state index in [1.165, 1.54) is 12.1 Å². The molecule has 0 aliphatic carbocycles. The van der Waals surface area contributed by atoms with Crippen LogP contribution in [0.4, 0.5) is 10.1 Å². The van der Waals surface area contributed by atoms with E-state index >= 15 is 0 Å². The number of nitrogens with one attached hydrogen (secondary N) is 2. The first-order chi connectivity index (χ1) is 16.5. The lowest BCUT2D eigenvalue weighted by Gasteiger charge is -2.08. The van der Waals surface area contributed by atoms with Gasteiger partial charge in [0.1, 0.15) is 11.6 Å². The number of H-pyrrole nitrogens is 1. The second-order valence-electron chi connectivity index (χ2n) is 7.75. The van der Waals surface area contributed by atoms with Gasteiger partial charge in [-0.15, -0.1) is 0 Å². The molecular weight excluding hydrogens is 435 g/mol. The van der Waals surface area contributed by atoms with Gasteiger partial charge in [-0.25, -0.2) is 14.0 Å². The summed E-state index contributed by atoms with van der Waals surface area (Å²) in [6, 6.07) is 18.5. The van der Waals surface area contributed by atoms with Gasteiger partial charge in [0, 0.05) is 29.3 Å². The maximum absolute atomic E-state index is 13.0. The maximum Gasteiger partial charge on any atom is 0.345 e. The summed E-state index contributed by atoms with van der Waals surface area (Å²) in [4.78, 5) is 27.6. The number of esters is 2. The number of aromatic nitrogens is 1. The molecule has 4 rings (SSSR count). The van der Waals surface area contributed by atoms with Crippen LogP contribution in [0.2, 0.25) is 0 Å². The highest BCUT2D eigenvalue weighted by Gasteiger charge is 2.15. The largest absolute Gasteiger partial charge is 0.462 e. The fourth-order valence-electron chi connectivity index (χ4n) is 3.61. The van der Waals surface area contributed by atoms with Gasteiger partial charge in [0.15, 0.2) is 0 Å². The number of ether oxygens (including phenoxy) is 2. The highest BCUT2D eigenvalue weighted by atomic mass is 19.1. The number of fused-ring (bicyclic) bond motifs is 1. The number of hydrogen-bond acceptors (Lipinski definition) is 5. The molecule has 0 bridgehead atoms. The van der Waals surface area contributed by atoms with Gasteiger partial charge < -0.3 is 19.8 Å². The predicted molar refractivity (Wildman–Crippen MR) is 129 cm³/mol. The molecule has 3 aromatic carbocycles. The minimum Gasteiger partial charge on any atom is -0.462 e. The zero-order valence-electron chi connectivity index (χ0n) is 18.8. The number of benzene rings is 3. The fraction of sp³-hybridized carbons (Fsp3) is 0.185. The average Bonchev–Trinajstić information content (AvgIpc) is 3.27. The summed E-state index contributed by atoms with van der Waals surface area (Å²) in [6.45, 7) is 2.77. The Morgan fingerprint density at radius 3 is 2.47 bits per heavy atom. The summed E-state index contributed by atoms with van der Waals surface area (Å²) in [5.41, 5.74) is 3.61. The van der Waals surface area contributed by atoms with E-state index in [0.29, 0.717) is 23.5 Å². The van der Waals surface area contributed by atoms with Crippen molar-refractivity contribution in [2.24, 2.45) is 0 Å². The van der Waals surface area contributed by atoms with E-state index in [4.69, 9.17) is 9.47 Å². The van der Waals surface area contributed by atoms with Gasteiger partial charge in [-0.1, -0.05) is 12.1 Å². The Bertz CT molecular complexity index is 1280.